The molecule has 0 heterocycles. The highest BCUT2D eigenvalue weighted by molar-refractivity contribution is 5.82. The number of nitrogens with one attached hydrogen (secondary N) is 2. The summed E-state index contributed by atoms with van der Waals surface area (Å²) >= 11 is 0. The first-order valence-corrected chi connectivity index (χ1v) is 6.85. The average Bonchev–Trinajstić information content (AvgIpc) is 2.82. The molecule has 0 aliphatic heterocycles. The Morgan fingerprint density at radius 2 is 1.89 bits per heavy atom. The van der Waals surface area contributed by atoms with Crippen molar-refractivity contribution < 1.29 is 19.8 Å². The van der Waals surface area contributed by atoms with Gasteiger partial charge < -0.3 is 20.8 Å². The molecule has 19 heavy (non-hydrogen) atoms. The first kappa shape index (κ1) is 15.8. The molecule has 1 saturated carbocycles. The molecule has 0 saturated heterocycles. The number of hydrogen-bond donors (Lipinski definition) is 4. The Labute approximate surface area is 113 Å². The van der Waals surface area contributed by atoms with Gasteiger partial charge in [0.25, 0.3) is 0 Å². The van der Waals surface area contributed by atoms with E-state index in [-0.39, 0.29) is 5.41 Å². The van der Waals surface area contributed by atoms with Crippen LogP contribution >= 0.6 is 0 Å². The molecule has 2 atom stereocenters. The highest BCUT2D eigenvalue weighted by atomic mass is 16.4. The number of carbonyl (C=O) groups is 2. The zero-order valence-electron chi connectivity index (χ0n) is 11.6. The maximum absolute atomic E-state index is 11.7. The quantitative estimate of drug-likeness (QED) is 0.581. The molecule has 1 rings (SSSR count). The second-order valence-corrected chi connectivity index (χ2v) is 5.44. The summed E-state index contributed by atoms with van der Waals surface area (Å²) in [6.45, 7) is 4.01. The van der Waals surface area contributed by atoms with Crippen LogP contribution in [0.25, 0.3) is 0 Å². The van der Waals surface area contributed by atoms with E-state index in [0.29, 0.717) is 6.54 Å². The van der Waals surface area contributed by atoms with E-state index in [0.717, 1.165) is 19.3 Å². The molecule has 6 heteroatoms. The van der Waals surface area contributed by atoms with Crippen molar-refractivity contribution in [1.29, 1.82) is 0 Å². The van der Waals surface area contributed by atoms with Gasteiger partial charge in [-0.15, -0.1) is 0 Å². The Balaban J connectivity index is 2.44. The predicted octanol–water partition coefficient (Wildman–Crippen LogP) is 1.09. The third-order valence-corrected chi connectivity index (χ3v) is 4.07. The SMILES string of the molecule is CCC1(CNC(=O)NC(C(=O)O)C(C)O)CCCC1. The molecule has 2 unspecified atom stereocenters. The van der Waals surface area contributed by atoms with Crippen LogP contribution in [-0.2, 0) is 4.79 Å². The van der Waals surface area contributed by atoms with Gasteiger partial charge in [-0.05, 0) is 31.6 Å². The summed E-state index contributed by atoms with van der Waals surface area (Å²) in [5.74, 6) is -1.24. The summed E-state index contributed by atoms with van der Waals surface area (Å²) in [5, 5.41) is 23.2. The first-order chi connectivity index (χ1) is 8.90. The largest absolute Gasteiger partial charge is 0.480 e. The van der Waals surface area contributed by atoms with Crippen molar-refractivity contribution in [3.63, 3.8) is 0 Å². The minimum absolute atomic E-state index is 0.154. The standard InChI is InChI=1S/C13H24N2O4/c1-3-13(6-4-5-7-13)8-14-12(19)15-10(9(2)16)11(17)18/h9-10,16H,3-8H2,1-2H3,(H,17,18)(H2,14,15,19). The molecule has 0 aromatic rings. The van der Waals surface area contributed by atoms with Gasteiger partial charge in [0.05, 0.1) is 6.10 Å². The molecule has 1 aliphatic rings. The third kappa shape index (κ3) is 4.38. The van der Waals surface area contributed by atoms with Crippen molar-refractivity contribution in [3.05, 3.63) is 0 Å². The Hall–Kier alpha value is -1.30. The third-order valence-electron chi connectivity index (χ3n) is 4.07. The summed E-state index contributed by atoms with van der Waals surface area (Å²) in [7, 11) is 0. The van der Waals surface area contributed by atoms with Crippen molar-refractivity contribution in [2.45, 2.75) is 58.1 Å². The fraction of sp³-hybridized carbons (Fsp3) is 0.846. The van der Waals surface area contributed by atoms with E-state index in [1.54, 1.807) is 0 Å². The van der Waals surface area contributed by atoms with Gasteiger partial charge in [0.2, 0.25) is 0 Å². The Morgan fingerprint density at radius 1 is 1.32 bits per heavy atom. The van der Waals surface area contributed by atoms with Crippen LogP contribution in [0.5, 0.6) is 0 Å². The maximum Gasteiger partial charge on any atom is 0.328 e. The van der Waals surface area contributed by atoms with E-state index in [2.05, 4.69) is 17.6 Å². The number of amides is 2. The molecule has 0 radical (unpaired) electrons. The van der Waals surface area contributed by atoms with Crippen LogP contribution in [0.3, 0.4) is 0 Å². The second kappa shape index (κ2) is 6.75. The predicted molar refractivity (Wildman–Crippen MR) is 70.8 cm³/mol. The van der Waals surface area contributed by atoms with Crippen molar-refractivity contribution >= 4 is 12.0 Å². The highest BCUT2D eigenvalue weighted by Gasteiger charge is 2.33. The fourth-order valence-electron chi connectivity index (χ4n) is 2.63. The van der Waals surface area contributed by atoms with E-state index in [1.807, 2.05) is 0 Å². The van der Waals surface area contributed by atoms with E-state index >= 15 is 0 Å². The summed E-state index contributed by atoms with van der Waals surface area (Å²) in [6, 6.07) is -1.81. The van der Waals surface area contributed by atoms with Crippen LogP contribution in [0.4, 0.5) is 4.79 Å². The molecular formula is C13H24N2O4. The lowest BCUT2D eigenvalue weighted by atomic mass is 9.83. The summed E-state index contributed by atoms with van der Waals surface area (Å²) in [5.41, 5.74) is 0.154. The number of hydrogen-bond acceptors (Lipinski definition) is 3. The molecule has 0 bridgehead atoms. The maximum atomic E-state index is 11.7. The number of aliphatic carboxylic acids is 1. The van der Waals surface area contributed by atoms with Crippen molar-refractivity contribution in [3.8, 4) is 0 Å². The lowest BCUT2D eigenvalue weighted by molar-refractivity contribution is -0.141. The smallest absolute Gasteiger partial charge is 0.328 e. The van der Waals surface area contributed by atoms with Gasteiger partial charge in [0.1, 0.15) is 0 Å². The molecule has 0 aromatic heterocycles. The normalized spacial score (nSPS) is 20.6. The Morgan fingerprint density at radius 3 is 2.32 bits per heavy atom. The van der Waals surface area contributed by atoms with E-state index < -0.39 is 24.1 Å². The van der Waals surface area contributed by atoms with Crippen LogP contribution in [0, 0.1) is 5.41 Å². The molecular weight excluding hydrogens is 248 g/mol. The monoisotopic (exact) mass is 272 g/mol. The van der Waals surface area contributed by atoms with Crippen LogP contribution in [0.1, 0.15) is 46.0 Å². The average molecular weight is 272 g/mol. The molecule has 4 N–H and O–H groups in total. The zero-order valence-corrected chi connectivity index (χ0v) is 11.6. The van der Waals surface area contributed by atoms with Gasteiger partial charge in [-0.3, -0.25) is 0 Å². The minimum atomic E-state index is -1.28. The van der Waals surface area contributed by atoms with Crippen LogP contribution < -0.4 is 10.6 Å². The minimum Gasteiger partial charge on any atom is -0.480 e. The number of urea groups is 1. The van der Waals surface area contributed by atoms with Gasteiger partial charge >= 0.3 is 12.0 Å². The highest BCUT2D eigenvalue weighted by Crippen LogP contribution is 2.40. The molecule has 1 aliphatic carbocycles. The van der Waals surface area contributed by atoms with Crippen LogP contribution in [-0.4, -0.2) is 40.9 Å². The number of rotatable bonds is 6. The topological polar surface area (TPSA) is 98.7 Å². The second-order valence-electron chi connectivity index (χ2n) is 5.44. The molecule has 0 aromatic carbocycles. The van der Waals surface area contributed by atoms with E-state index in [4.69, 9.17) is 5.11 Å². The molecule has 2 amide bonds. The number of carboxylic acid groups (broad SMARTS) is 1. The summed E-state index contributed by atoms with van der Waals surface area (Å²) < 4.78 is 0. The Kier molecular flexibility index (Phi) is 5.60. The fourth-order valence-corrected chi connectivity index (χ4v) is 2.63. The first-order valence-electron chi connectivity index (χ1n) is 6.85. The number of aliphatic hydroxyl groups is 1. The van der Waals surface area contributed by atoms with Gasteiger partial charge in [0.15, 0.2) is 6.04 Å². The van der Waals surface area contributed by atoms with Gasteiger partial charge in [0, 0.05) is 6.54 Å². The van der Waals surface area contributed by atoms with Gasteiger partial charge in [-0.1, -0.05) is 19.8 Å². The number of carboxylic acids is 1. The number of carbonyl (C=O) groups excluding carboxylic acids is 1. The van der Waals surface area contributed by atoms with E-state index in [9.17, 15) is 14.7 Å². The molecule has 1 fully saturated rings. The lowest BCUT2D eigenvalue weighted by Gasteiger charge is -2.28. The van der Waals surface area contributed by atoms with E-state index in [1.165, 1.54) is 19.8 Å². The summed E-state index contributed by atoms with van der Waals surface area (Å²) in [4.78, 5) is 22.5. The number of aliphatic hydroxyl groups excluding tert-OH is 1. The van der Waals surface area contributed by atoms with Crippen molar-refractivity contribution in [2.24, 2.45) is 5.41 Å². The zero-order chi connectivity index (χ0) is 14.5. The molecule has 110 valence electrons. The molecule has 6 nitrogen and oxygen atoms in total. The van der Waals surface area contributed by atoms with Gasteiger partial charge in [-0.25, -0.2) is 9.59 Å². The van der Waals surface area contributed by atoms with Gasteiger partial charge in [-0.2, -0.15) is 0 Å². The van der Waals surface area contributed by atoms with Crippen LogP contribution in [0.2, 0.25) is 0 Å². The van der Waals surface area contributed by atoms with Crippen molar-refractivity contribution in [2.75, 3.05) is 6.54 Å². The van der Waals surface area contributed by atoms with Crippen LogP contribution in [0.15, 0.2) is 0 Å². The summed E-state index contributed by atoms with van der Waals surface area (Å²) in [6.07, 6.45) is 4.44. The molecule has 0 spiro atoms. The van der Waals surface area contributed by atoms with Crippen molar-refractivity contribution in [1.82, 2.24) is 10.6 Å². The Bertz CT molecular complexity index is 325. The lowest BCUT2D eigenvalue weighted by Crippen LogP contribution is -2.52.